The fraction of sp³-hybridized carbons (Fsp3) is 0.625. The van der Waals surface area contributed by atoms with Crippen LogP contribution >= 0.6 is 0 Å². The Balaban J connectivity index is 1.65. The molecule has 0 atom stereocenters. The molecule has 0 bridgehead atoms. The normalized spacial score (nSPS) is 16.1. The first-order valence-electron chi connectivity index (χ1n) is 8.37. The lowest BCUT2D eigenvalue weighted by atomic mass is 10.2. The number of aromatic nitrogens is 4. The number of carbonyl (C=O) groups is 1. The predicted octanol–water partition coefficient (Wildman–Crippen LogP) is 0.618. The van der Waals surface area contributed by atoms with E-state index in [-0.39, 0.29) is 12.0 Å². The summed E-state index contributed by atoms with van der Waals surface area (Å²) >= 11 is 0. The first kappa shape index (κ1) is 16.6. The Morgan fingerprint density at radius 2 is 1.96 bits per heavy atom. The molecule has 0 spiro atoms. The molecule has 0 unspecified atom stereocenters. The van der Waals surface area contributed by atoms with Gasteiger partial charge in [0.15, 0.2) is 11.5 Å². The van der Waals surface area contributed by atoms with Crippen LogP contribution in [-0.4, -0.2) is 74.8 Å². The van der Waals surface area contributed by atoms with Crippen molar-refractivity contribution in [2.75, 3.05) is 33.2 Å². The summed E-state index contributed by atoms with van der Waals surface area (Å²) in [5.41, 5.74) is 0.660. The Kier molecular flexibility index (Phi) is 4.94. The second-order valence-corrected chi connectivity index (χ2v) is 6.41. The van der Waals surface area contributed by atoms with Crippen molar-refractivity contribution >= 4 is 11.6 Å². The molecule has 0 saturated carbocycles. The topological polar surface area (TPSA) is 75.9 Å². The summed E-state index contributed by atoms with van der Waals surface area (Å²) in [7, 11) is 2.08. The average Bonchev–Trinajstić information content (AvgIpc) is 2.95. The Morgan fingerprint density at radius 3 is 2.67 bits per heavy atom. The quantitative estimate of drug-likeness (QED) is 0.799. The van der Waals surface area contributed by atoms with Gasteiger partial charge in [-0.05, 0) is 27.0 Å². The van der Waals surface area contributed by atoms with E-state index in [0.29, 0.717) is 30.2 Å². The van der Waals surface area contributed by atoms with Gasteiger partial charge in [0.25, 0.3) is 0 Å². The maximum Gasteiger partial charge on any atom is 0.232 e. The molecule has 1 aliphatic heterocycles. The average molecular weight is 332 g/mol. The van der Waals surface area contributed by atoms with Crippen LogP contribution in [0.3, 0.4) is 0 Å². The van der Waals surface area contributed by atoms with Gasteiger partial charge in [0.1, 0.15) is 0 Å². The van der Waals surface area contributed by atoms with Crippen LogP contribution in [-0.2, 0) is 11.2 Å². The van der Waals surface area contributed by atoms with Gasteiger partial charge in [0.2, 0.25) is 11.8 Å². The van der Waals surface area contributed by atoms with Gasteiger partial charge in [0, 0.05) is 45.1 Å². The van der Waals surface area contributed by atoms with Gasteiger partial charge in [-0.3, -0.25) is 4.79 Å². The summed E-state index contributed by atoms with van der Waals surface area (Å²) in [4.78, 5) is 16.5. The second kappa shape index (κ2) is 7.12. The SMILES string of the molecule is CC(C)Oc1ccc2nnc(CCC(=O)N3CCN(C)CC3)n2n1. The summed E-state index contributed by atoms with van der Waals surface area (Å²) < 4.78 is 7.27. The van der Waals surface area contributed by atoms with Gasteiger partial charge in [-0.15, -0.1) is 15.3 Å². The summed E-state index contributed by atoms with van der Waals surface area (Å²) in [6.07, 6.45) is 0.986. The molecule has 1 aliphatic rings. The van der Waals surface area contributed by atoms with Crippen molar-refractivity contribution < 1.29 is 9.53 Å². The Hall–Kier alpha value is -2.22. The van der Waals surface area contributed by atoms with E-state index in [1.807, 2.05) is 24.8 Å². The van der Waals surface area contributed by atoms with E-state index in [1.165, 1.54) is 0 Å². The number of likely N-dealkylation sites (N-methyl/N-ethyl adjacent to an activating group) is 1. The van der Waals surface area contributed by atoms with Gasteiger partial charge < -0.3 is 14.5 Å². The van der Waals surface area contributed by atoms with Gasteiger partial charge in [0.05, 0.1) is 6.10 Å². The number of hydrogen-bond donors (Lipinski definition) is 0. The lowest BCUT2D eigenvalue weighted by molar-refractivity contribution is -0.132. The zero-order valence-electron chi connectivity index (χ0n) is 14.5. The van der Waals surface area contributed by atoms with Crippen LogP contribution in [0, 0.1) is 0 Å². The van der Waals surface area contributed by atoms with Gasteiger partial charge in [-0.1, -0.05) is 0 Å². The Labute approximate surface area is 141 Å². The minimum Gasteiger partial charge on any atom is -0.474 e. The van der Waals surface area contributed by atoms with E-state index >= 15 is 0 Å². The molecule has 0 aliphatic carbocycles. The van der Waals surface area contributed by atoms with Crippen LogP contribution in [0.5, 0.6) is 5.88 Å². The van der Waals surface area contributed by atoms with Crippen LogP contribution in [0.15, 0.2) is 12.1 Å². The predicted molar refractivity (Wildman–Crippen MR) is 88.9 cm³/mol. The summed E-state index contributed by atoms with van der Waals surface area (Å²) in [5.74, 6) is 1.38. The van der Waals surface area contributed by atoms with Crippen molar-refractivity contribution in [1.29, 1.82) is 0 Å². The number of aryl methyl sites for hydroxylation is 1. The van der Waals surface area contributed by atoms with E-state index in [0.717, 1.165) is 26.2 Å². The number of hydrogen-bond acceptors (Lipinski definition) is 6. The third-order valence-corrected chi connectivity index (χ3v) is 4.08. The van der Waals surface area contributed by atoms with Crippen molar-refractivity contribution in [1.82, 2.24) is 29.6 Å². The molecule has 1 fully saturated rings. The van der Waals surface area contributed by atoms with Gasteiger partial charge in [-0.25, -0.2) is 0 Å². The lowest BCUT2D eigenvalue weighted by Gasteiger charge is -2.32. The van der Waals surface area contributed by atoms with Crippen molar-refractivity contribution in [2.24, 2.45) is 0 Å². The van der Waals surface area contributed by atoms with Crippen LogP contribution in [0.1, 0.15) is 26.1 Å². The van der Waals surface area contributed by atoms with Crippen molar-refractivity contribution in [3.05, 3.63) is 18.0 Å². The molecule has 8 nitrogen and oxygen atoms in total. The second-order valence-electron chi connectivity index (χ2n) is 6.41. The van der Waals surface area contributed by atoms with Crippen LogP contribution in [0.25, 0.3) is 5.65 Å². The number of carbonyl (C=O) groups excluding carboxylic acids is 1. The van der Waals surface area contributed by atoms with Crippen molar-refractivity contribution in [3.8, 4) is 5.88 Å². The first-order chi connectivity index (χ1) is 11.5. The molecule has 2 aromatic heterocycles. The highest BCUT2D eigenvalue weighted by Crippen LogP contribution is 2.12. The maximum atomic E-state index is 12.4. The Bertz CT molecular complexity index is 706. The number of rotatable bonds is 5. The molecule has 0 N–H and O–H groups in total. The third-order valence-electron chi connectivity index (χ3n) is 4.08. The minimum absolute atomic E-state index is 0.0497. The van der Waals surface area contributed by atoms with E-state index in [9.17, 15) is 4.79 Å². The third kappa shape index (κ3) is 3.81. The minimum atomic E-state index is 0.0497. The fourth-order valence-corrected chi connectivity index (χ4v) is 2.71. The molecule has 1 amide bonds. The number of fused-ring (bicyclic) bond motifs is 1. The summed E-state index contributed by atoms with van der Waals surface area (Å²) in [5, 5.41) is 12.7. The van der Waals surface area contributed by atoms with Crippen LogP contribution in [0.2, 0.25) is 0 Å². The number of piperazine rings is 1. The molecule has 1 saturated heterocycles. The molecule has 3 rings (SSSR count). The van der Waals surface area contributed by atoms with Crippen LogP contribution in [0.4, 0.5) is 0 Å². The van der Waals surface area contributed by atoms with Crippen LogP contribution < -0.4 is 4.74 Å². The summed E-state index contributed by atoms with van der Waals surface area (Å²) in [6, 6.07) is 3.60. The number of nitrogens with zero attached hydrogens (tertiary/aromatic N) is 6. The van der Waals surface area contributed by atoms with Crippen molar-refractivity contribution in [3.63, 3.8) is 0 Å². The highest BCUT2D eigenvalue weighted by atomic mass is 16.5. The molecule has 0 radical (unpaired) electrons. The van der Waals surface area contributed by atoms with Crippen molar-refractivity contribution in [2.45, 2.75) is 32.8 Å². The van der Waals surface area contributed by atoms with E-state index < -0.39 is 0 Å². The van der Waals surface area contributed by atoms with E-state index in [2.05, 4.69) is 27.2 Å². The zero-order valence-corrected chi connectivity index (χ0v) is 14.5. The lowest BCUT2D eigenvalue weighted by Crippen LogP contribution is -2.47. The van der Waals surface area contributed by atoms with E-state index in [1.54, 1.807) is 10.6 Å². The fourth-order valence-electron chi connectivity index (χ4n) is 2.71. The highest BCUT2D eigenvalue weighted by molar-refractivity contribution is 5.76. The maximum absolute atomic E-state index is 12.4. The number of amides is 1. The standard InChI is InChI=1S/C16H24N6O2/c1-12(2)24-15-6-4-13-17-18-14(22(13)19-15)5-7-16(23)21-10-8-20(3)9-11-21/h4,6,12H,5,7-11H2,1-3H3. The Morgan fingerprint density at radius 1 is 1.21 bits per heavy atom. The van der Waals surface area contributed by atoms with E-state index in [4.69, 9.17) is 4.74 Å². The molecule has 24 heavy (non-hydrogen) atoms. The molecular weight excluding hydrogens is 308 g/mol. The molecule has 3 heterocycles. The highest BCUT2D eigenvalue weighted by Gasteiger charge is 2.19. The molecule has 2 aromatic rings. The molecule has 0 aromatic carbocycles. The molecule has 130 valence electrons. The van der Waals surface area contributed by atoms with Gasteiger partial charge in [-0.2, -0.15) is 4.52 Å². The monoisotopic (exact) mass is 332 g/mol. The summed E-state index contributed by atoms with van der Waals surface area (Å²) in [6.45, 7) is 7.34. The number of ether oxygens (including phenoxy) is 1. The first-order valence-corrected chi connectivity index (χ1v) is 8.37. The zero-order chi connectivity index (χ0) is 17.1. The smallest absolute Gasteiger partial charge is 0.232 e. The molecular formula is C16H24N6O2. The van der Waals surface area contributed by atoms with Gasteiger partial charge >= 0.3 is 0 Å². The molecule has 8 heteroatoms. The largest absolute Gasteiger partial charge is 0.474 e.